The van der Waals surface area contributed by atoms with Crippen molar-refractivity contribution >= 4 is 25.2 Å². The second-order valence-corrected chi connectivity index (χ2v) is 6.13. The number of rotatable bonds is 4. The maximum atomic E-state index is 11.1. The van der Waals surface area contributed by atoms with Crippen LogP contribution in [0.1, 0.15) is 12.8 Å². The van der Waals surface area contributed by atoms with Gasteiger partial charge < -0.3 is 0 Å². The van der Waals surface area contributed by atoms with Crippen LogP contribution in [0.15, 0.2) is 42.7 Å². The summed E-state index contributed by atoms with van der Waals surface area (Å²) in [6.45, 7) is 0. The second kappa shape index (κ2) is 5.88. The molecule has 0 amide bonds. The van der Waals surface area contributed by atoms with Crippen molar-refractivity contribution in [3.63, 3.8) is 0 Å². The number of carbonyl (C=O) groups excluding carboxylic acids is 1. The summed E-state index contributed by atoms with van der Waals surface area (Å²) >= 11 is 0.495. The minimum atomic E-state index is 0.100. The molecule has 3 heteroatoms. The summed E-state index contributed by atoms with van der Waals surface area (Å²) in [7, 11) is 0. The molecule has 1 aromatic rings. The average molecular weight is 281 g/mol. The monoisotopic (exact) mass is 282 g/mol. The van der Waals surface area contributed by atoms with Crippen LogP contribution >= 0.6 is 0 Å². The van der Waals surface area contributed by atoms with Gasteiger partial charge in [0, 0.05) is 0 Å². The molecule has 1 unspecified atom stereocenters. The summed E-state index contributed by atoms with van der Waals surface area (Å²) in [6, 6.07) is 10.5. The van der Waals surface area contributed by atoms with Crippen LogP contribution < -0.4 is 4.46 Å². The number of allylic oxidation sites excluding steroid dienone is 1. The van der Waals surface area contributed by atoms with E-state index in [1.54, 1.807) is 0 Å². The van der Waals surface area contributed by atoms with Crippen molar-refractivity contribution in [3.05, 3.63) is 42.7 Å². The Morgan fingerprint density at radius 3 is 2.88 bits per heavy atom. The molecule has 1 aliphatic heterocycles. The van der Waals surface area contributed by atoms with Crippen molar-refractivity contribution in [1.29, 1.82) is 0 Å². The van der Waals surface area contributed by atoms with Crippen LogP contribution in [-0.4, -0.2) is 26.8 Å². The van der Waals surface area contributed by atoms with Gasteiger partial charge in [0.1, 0.15) is 0 Å². The standard InChI is InChI=1S/C13H14O2Se/c14-11-6-8-15-12(10-11)7-9-16-13-4-2-1-3-5-13/h1-6,8,12H,7,9-10H2. The molecule has 84 valence electrons. The van der Waals surface area contributed by atoms with E-state index in [0.717, 1.165) is 11.7 Å². The number of hydrogen-bond donors (Lipinski definition) is 0. The zero-order valence-corrected chi connectivity index (χ0v) is 10.7. The van der Waals surface area contributed by atoms with Gasteiger partial charge >= 0.3 is 102 Å². The van der Waals surface area contributed by atoms with Crippen molar-refractivity contribution in [3.8, 4) is 0 Å². The van der Waals surface area contributed by atoms with Gasteiger partial charge in [0.25, 0.3) is 0 Å². The Morgan fingerprint density at radius 2 is 2.12 bits per heavy atom. The van der Waals surface area contributed by atoms with E-state index in [-0.39, 0.29) is 11.9 Å². The molecule has 0 aromatic heterocycles. The molecule has 1 atom stereocenters. The summed E-state index contributed by atoms with van der Waals surface area (Å²) in [5, 5.41) is 1.13. The van der Waals surface area contributed by atoms with E-state index in [9.17, 15) is 4.79 Å². The molecular formula is C13H14O2Se. The Bertz CT molecular complexity index is 373. The Balaban J connectivity index is 1.72. The summed E-state index contributed by atoms with van der Waals surface area (Å²) < 4.78 is 6.80. The molecule has 2 nitrogen and oxygen atoms in total. The molecule has 16 heavy (non-hydrogen) atoms. The predicted molar refractivity (Wildman–Crippen MR) is 64.9 cm³/mol. The van der Waals surface area contributed by atoms with Gasteiger partial charge in [-0.1, -0.05) is 0 Å². The molecule has 1 aromatic carbocycles. The normalized spacial score (nSPS) is 19.5. The first-order valence-corrected chi connectivity index (χ1v) is 7.44. The zero-order valence-electron chi connectivity index (χ0n) is 8.96. The molecule has 0 bridgehead atoms. The maximum absolute atomic E-state index is 11.1. The fourth-order valence-corrected chi connectivity index (χ4v) is 3.59. The Labute approximate surface area is 102 Å². The number of benzene rings is 1. The topological polar surface area (TPSA) is 26.3 Å². The summed E-state index contributed by atoms with van der Waals surface area (Å²) in [5.41, 5.74) is 0. The summed E-state index contributed by atoms with van der Waals surface area (Å²) in [6.07, 6.45) is 4.67. The van der Waals surface area contributed by atoms with Gasteiger partial charge in [0.15, 0.2) is 0 Å². The SMILES string of the molecule is O=C1C=COC(CC[Se]c2ccccc2)C1. The summed E-state index contributed by atoms with van der Waals surface area (Å²) in [5.74, 6) is 0.184. The van der Waals surface area contributed by atoms with Gasteiger partial charge in [-0.15, -0.1) is 0 Å². The predicted octanol–water partition coefficient (Wildman–Crippen LogP) is 1.70. The van der Waals surface area contributed by atoms with Gasteiger partial charge in [0.05, 0.1) is 0 Å². The van der Waals surface area contributed by atoms with Gasteiger partial charge in [-0.3, -0.25) is 0 Å². The van der Waals surface area contributed by atoms with E-state index in [0.29, 0.717) is 21.4 Å². The van der Waals surface area contributed by atoms with Crippen molar-refractivity contribution in [2.45, 2.75) is 24.3 Å². The third kappa shape index (κ3) is 3.51. The van der Waals surface area contributed by atoms with Crippen LogP contribution in [0.2, 0.25) is 5.32 Å². The van der Waals surface area contributed by atoms with Gasteiger partial charge in [-0.2, -0.15) is 0 Å². The quantitative estimate of drug-likeness (QED) is 0.785. The van der Waals surface area contributed by atoms with Crippen LogP contribution in [0.4, 0.5) is 0 Å². The van der Waals surface area contributed by atoms with Crippen LogP contribution in [0.25, 0.3) is 0 Å². The van der Waals surface area contributed by atoms with Crippen molar-refractivity contribution in [2.24, 2.45) is 0 Å². The molecule has 0 saturated carbocycles. The molecule has 0 saturated heterocycles. The molecule has 0 fully saturated rings. The van der Waals surface area contributed by atoms with Gasteiger partial charge in [0.2, 0.25) is 0 Å². The molecule has 1 aliphatic rings. The molecule has 0 spiro atoms. The van der Waals surface area contributed by atoms with E-state index in [1.165, 1.54) is 16.8 Å². The first kappa shape index (κ1) is 11.4. The second-order valence-electron chi connectivity index (χ2n) is 3.68. The van der Waals surface area contributed by atoms with E-state index < -0.39 is 0 Å². The molecular weight excluding hydrogens is 267 g/mol. The average Bonchev–Trinajstić information content (AvgIpc) is 2.30. The first-order valence-electron chi connectivity index (χ1n) is 5.37. The van der Waals surface area contributed by atoms with Crippen LogP contribution in [-0.2, 0) is 9.53 Å². The van der Waals surface area contributed by atoms with E-state index in [2.05, 4.69) is 24.3 Å². The third-order valence-corrected chi connectivity index (χ3v) is 4.60. The van der Waals surface area contributed by atoms with Crippen molar-refractivity contribution in [1.82, 2.24) is 0 Å². The Morgan fingerprint density at radius 1 is 1.31 bits per heavy atom. The van der Waals surface area contributed by atoms with Crippen molar-refractivity contribution in [2.75, 3.05) is 0 Å². The Kier molecular flexibility index (Phi) is 4.20. The number of ether oxygens (including phenoxy) is 1. The van der Waals surface area contributed by atoms with E-state index in [1.807, 2.05) is 6.07 Å². The molecule has 1 heterocycles. The molecule has 0 N–H and O–H groups in total. The van der Waals surface area contributed by atoms with Gasteiger partial charge in [-0.25, -0.2) is 0 Å². The summed E-state index contributed by atoms with van der Waals surface area (Å²) in [4.78, 5) is 11.1. The first-order chi connectivity index (χ1) is 7.84. The number of ketones is 1. The number of hydrogen-bond acceptors (Lipinski definition) is 2. The van der Waals surface area contributed by atoms with E-state index in [4.69, 9.17) is 4.74 Å². The van der Waals surface area contributed by atoms with E-state index >= 15 is 0 Å². The van der Waals surface area contributed by atoms with Gasteiger partial charge in [-0.05, 0) is 0 Å². The van der Waals surface area contributed by atoms with Crippen LogP contribution in [0, 0.1) is 0 Å². The van der Waals surface area contributed by atoms with Crippen LogP contribution in [0.5, 0.6) is 0 Å². The zero-order chi connectivity index (χ0) is 11.2. The number of carbonyl (C=O) groups is 1. The minimum absolute atomic E-state index is 0.100. The fraction of sp³-hybridized carbons (Fsp3) is 0.308. The molecule has 0 radical (unpaired) electrons. The third-order valence-electron chi connectivity index (χ3n) is 2.41. The van der Waals surface area contributed by atoms with Crippen LogP contribution in [0.3, 0.4) is 0 Å². The molecule has 0 aliphatic carbocycles. The van der Waals surface area contributed by atoms with Crippen molar-refractivity contribution < 1.29 is 9.53 Å². The Hall–Kier alpha value is -1.05. The molecule has 2 rings (SSSR count). The fourth-order valence-electron chi connectivity index (χ4n) is 1.56.